The second-order valence-corrected chi connectivity index (χ2v) is 7.19. The molecule has 0 spiro atoms. The van der Waals surface area contributed by atoms with Gasteiger partial charge in [0.15, 0.2) is 6.61 Å². The molecule has 0 aliphatic carbocycles. The Morgan fingerprint density at radius 2 is 1.93 bits per heavy atom. The maximum absolute atomic E-state index is 12.9. The van der Waals surface area contributed by atoms with Crippen molar-refractivity contribution in [2.75, 3.05) is 13.2 Å². The van der Waals surface area contributed by atoms with Crippen molar-refractivity contribution >= 4 is 23.4 Å². The molecule has 0 bridgehead atoms. The van der Waals surface area contributed by atoms with Crippen LogP contribution in [0.3, 0.4) is 0 Å². The number of rotatable bonds is 8. The van der Waals surface area contributed by atoms with Crippen molar-refractivity contribution in [2.24, 2.45) is 0 Å². The number of benzene rings is 2. The minimum Gasteiger partial charge on any atom is -0.484 e. The Hall–Kier alpha value is -2.53. The summed E-state index contributed by atoms with van der Waals surface area (Å²) in [6.45, 7) is 8.14. The van der Waals surface area contributed by atoms with E-state index in [1.165, 1.54) is 0 Å². The number of ether oxygens (including phenoxy) is 1. The summed E-state index contributed by atoms with van der Waals surface area (Å²) in [5.74, 6) is 0.120. The topological polar surface area (TPSA) is 58.6 Å². The first kappa shape index (κ1) is 21.8. The molecule has 150 valence electrons. The molecule has 2 rings (SSSR count). The van der Waals surface area contributed by atoms with Crippen molar-refractivity contribution in [3.05, 3.63) is 64.2 Å². The fourth-order valence-electron chi connectivity index (χ4n) is 2.85. The first-order valence-corrected chi connectivity index (χ1v) is 9.71. The molecule has 2 aromatic rings. The maximum Gasteiger partial charge on any atom is 0.261 e. The quantitative estimate of drug-likeness (QED) is 0.728. The second-order valence-electron chi connectivity index (χ2n) is 6.78. The first-order chi connectivity index (χ1) is 13.3. The number of hydrogen-bond acceptors (Lipinski definition) is 3. The van der Waals surface area contributed by atoms with Gasteiger partial charge in [-0.15, -0.1) is 0 Å². The lowest BCUT2D eigenvalue weighted by Crippen LogP contribution is -2.49. The Labute approximate surface area is 171 Å². The molecule has 0 aliphatic heterocycles. The molecule has 28 heavy (non-hydrogen) atoms. The van der Waals surface area contributed by atoms with Crippen LogP contribution in [0.15, 0.2) is 42.5 Å². The average molecular weight is 403 g/mol. The molecule has 0 aliphatic rings. The van der Waals surface area contributed by atoms with Gasteiger partial charge in [-0.05, 0) is 57.0 Å². The van der Waals surface area contributed by atoms with Crippen LogP contribution < -0.4 is 10.1 Å². The van der Waals surface area contributed by atoms with Crippen LogP contribution in [0.4, 0.5) is 0 Å². The number of nitrogens with zero attached hydrogens (tertiary/aromatic N) is 1. The summed E-state index contributed by atoms with van der Waals surface area (Å²) in [6.07, 6.45) is 0. The van der Waals surface area contributed by atoms with Crippen molar-refractivity contribution in [1.82, 2.24) is 10.2 Å². The third-order valence-electron chi connectivity index (χ3n) is 4.45. The summed E-state index contributed by atoms with van der Waals surface area (Å²) in [5.41, 5.74) is 2.94. The lowest BCUT2D eigenvalue weighted by atomic mass is 10.1. The molecule has 0 radical (unpaired) electrons. The van der Waals surface area contributed by atoms with Crippen molar-refractivity contribution < 1.29 is 14.3 Å². The average Bonchev–Trinajstić information content (AvgIpc) is 2.66. The van der Waals surface area contributed by atoms with E-state index >= 15 is 0 Å². The van der Waals surface area contributed by atoms with Crippen LogP contribution in [0.2, 0.25) is 5.02 Å². The van der Waals surface area contributed by atoms with Gasteiger partial charge in [0.25, 0.3) is 5.91 Å². The Kier molecular flexibility index (Phi) is 7.88. The first-order valence-electron chi connectivity index (χ1n) is 9.33. The second kappa shape index (κ2) is 10.1. The van der Waals surface area contributed by atoms with Crippen molar-refractivity contribution in [1.29, 1.82) is 0 Å². The van der Waals surface area contributed by atoms with Gasteiger partial charge in [0, 0.05) is 18.1 Å². The highest BCUT2D eigenvalue weighted by Crippen LogP contribution is 2.21. The van der Waals surface area contributed by atoms with Gasteiger partial charge >= 0.3 is 0 Å². The van der Waals surface area contributed by atoms with Crippen LogP contribution in [-0.2, 0) is 16.1 Å². The van der Waals surface area contributed by atoms with E-state index in [1.807, 2.05) is 45.0 Å². The SMILES string of the molecule is CCNC(=O)[C@@H](C)N(Cc1cccc(C)c1)C(=O)COc1ccc(Cl)c(C)c1. The molecule has 0 aromatic heterocycles. The summed E-state index contributed by atoms with van der Waals surface area (Å²) in [5, 5.41) is 3.42. The standard InChI is InChI=1S/C22H27ClN2O3/c1-5-24-22(27)17(4)25(13-18-8-6-7-15(2)11-18)21(26)14-28-19-9-10-20(23)16(3)12-19/h6-12,17H,5,13-14H2,1-4H3,(H,24,27)/t17-/m1/s1. The third kappa shape index (κ3) is 5.99. The Morgan fingerprint density at radius 1 is 1.18 bits per heavy atom. The number of halogens is 1. The normalized spacial score (nSPS) is 11.6. The van der Waals surface area contributed by atoms with Gasteiger partial charge in [-0.3, -0.25) is 9.59 Å². The molecule has 1 N–H and O–H groups in total. The van der Waals surface area contributed by atoms with E-state index in [-0.39, 0.29) is 18.4 Å². The van der Waals surface area contributed by atoms with Crippen LogP contribution >= 0.6 is 11.6 Å². The zero-order chi connectivity index (χ0) is 20.7. The molecule has 5 nitrogen and oxygen atoms in total. The smallest absolute Gasteiger partial charge is 0.261 e. The highest BCUT2D eigenvalue weighted by Gasteiger charge is 2.26. The van der Waals surface area contributed by atoms with E-state index in [2.05, 4.69) is 5.32 Å². The minimum atomic E-state index is -0.608. The highest BCUT2D eigenvalue weighted by atomic mass is 35.5. The summed E-state index contributed by atoms with van der Waals surface area (Å²) in [6, 6.07) is 12.5. The summed E-state index contributed by atoms with van der Waals surface area (Å²) in [7, 11) is 0. The number of carbonyl (C=O) groups is 2. The predicted octanol–water partition coefficient (Wildman–Crippen LogP) is 3.89. The van der Waals surface area contributed by atoms with Gasteiger partial charge in [0.1, 0.15) is 11.8 Å². The van der Waals surface area contributed by atoms with Gasteiger partial charge in [-0.2, -0.15) is 0 Å². The van der Waals surface area contributed by atoms with Gasteiger partial charge in [-0.1, -0.05) is 41.4 Å². The molecule has 0 fully saturated rings. The molecular formula is C22H27ClN2O3. The van der Waals surface area contributed by atoms with Gasteiger partial charge in [0.05, 0.1) is 0 Å². The van der Waals surface area contributed by atoms with Crippen molar-refractivity contribution in [3.63, 3.8) is 0 Å². The van der Waals surface area contributed by atoms with Crippen molar-refractivity contribution in [2.45, 2.75) is 40.3 Å². The maximum atomic E-state index is 12.9. The molecule has 2 aromatic carbocycles. The van der Waals surface area contributed by atoms with Gasteiger partial charge < -0.3 is 15.0 Å². The molecule has 0 heterocycles. The number of aryl methyl sites for hydroxylation is 2. The monoisotopic (exact) mass is 402 g/mol. The molecule has 0 saturated heterocycles. The van der Waals surface area contributed by atoms with Crippen LogP contribution in [0.1, 0.15) is 30.5 Å². The van der Waals surface area contributed by atoms with Crippen LogP contribution in [0.5, 0.6) is 5.75 Å². The van der Waals surface area contributed by atoms with E-state index < -0.39 is 6.04 Å². The minimum absolute atomic E-state index is 0.156. The largest absolute Gasteiger partial charge is 0.484 e. The zero-order valence-electron chi connectivity index (χ0n) is 16.8. The highest BCUT2D eigenvalue weighted by molar-refractivity contribution is 6.31. The lowest BCUT2D eigenvalue weighted by Gasteiger charge is -2.28. The molecule has 2 amide bonds. The summed E-state index contributed by atoms with van der Waals surface area (Å²) in [4.78, 5) is 26.8. The Morgan fingerprint density at radius 3 is 2.57 bits per heavy atom. The fraction of sp³-hybridized carbons (Fsp3) is 0.364. The van der Waals surface area contributed by atoms with E-state index in [9.17, 15) is 9.59 Å². The predicted molar refractivity (Wildman–Crippen MR) is 112 cm³/mol. The Balaban J connectivity index is 2.15. The number of amides is 2. The third-order valence-corrected chi connectivity index (χ3v) is 4.87. The molecule has 1 atom stereocenters. The van der Waals surface area contributed by atoms with E-state index in [1.54, 1.807) is 30.0 Å². The molecule has 0 saturated carbocycles. The van der Waals surface area contributed by atoms with E-state index in [0.717, 1.165) is 16.7 Å². The Bertz CT molecular complexity index is 838. The number of nitrogens with one attached hydrogen (secondary N) is 1. The molecular weight excluding hydrogens is 376 g/mol. The number of hydrogen-bond donors (Lipinski definition) is 1. The summed E-state index contributed by atoms with van der Waals surface area (Å²) >= 11 is 6.03. The van der Waals surface area contributed by atoms with Gasteiger partial charge in [-0.25, -0.2) is 0 Å². The number of carbonyl (C=O) groups excluding carboxylic acids is 2. The molecule has 0 unspecified atom stereocenters. The van der Waals surface area contributed by atoms with Gasteiger partial charge in [0.2, 0.25) is 5.91 Å². The summed E-state index contributed by atoms with van der Waals surface area (Å²) < 4.78 is 5.65. The van der Waals surface area contributed by atoms with Crippen molar-refractivity contribution in [3.8, 4) is 5.75 Å². The zero-order valence-corrected chi connectivity index (χ0v) is 17.5. The molecule has 6 heteroatoms. The number of likely N-dealkylation sites (N-methyl/N-ethyl adjacent to an activating group) is 1. The van der Waals surface area contributed by atoms with Crippen LogP contribution in [0, 0.1) is 13.8 Å². The van der Waals surface area contributed by atoms with E-state index in [0.29, 0.717) is 23.9 Å². The van der Waals surface area contributed by atoms with Crippen LogP contribution in [0.25, 0.3) is 0 Å². The van der Waals surface area contributed by atoms with Crippen LogP contribution in [-0.4, -0.2) is 35.9 Å². The van der Waals surface area contributed by atoms with E-state index in [4.69, 9.17) is 16.3 Å². The lowest BCUT2D eigenvalue weighted by molar-refractivity contribution is -0.142. The fourth-order valence-corrected chi connectivity index (χ4v) is 2.96.